The zero-order valence-electron chi connectivity index (χ0n) is 13.4. The molecule has 0 spiro atoms. The van der Waals surface area contributed by atoms with Gasteiger partial charge in [0.05, 0.1) is 11.2 Å². The van der Waals surface area contributed by atoms with Crippen molar-refractivity contribution < 1.29 is 9.31 Å². The van der Waals surface area contributed by atoms with E-state index in [4.69, 9.17) is 9.31 Å². The predicted octanol–water partition coefficient (Wildman–Crippen LogP) is 2.99. The Labute approximate surface area is 127 Å². The fraction of sp³-hybridized carbons (Fsp3) is 0.412. The van der Waals surface area contributed by atoms with E-state index in [-0.39, 0.29) is 18.3 Å². The topological polar surface area (TPSA) is 23.4 Å². The van der Waals surface area contributed by atoms with Gasteiger partial charge in [-0.15, -0.1) is 0 Å². The molecule has 1 saturated heterocycles. The number of benzene rings is 1. The molecule has 3 rings (SSSR count). The lowest BCUT2D eigenvalue weighted by molar-refractivity contribution is 0.00578. The fourth-order valence-electron chi connectivity index (χ4n) is 2.49. The lowest BCUT2D eigenvalue weighted by atomic mass is 9.78. The van der Waals surface area contributed by atoms with E-state index in [1.54, 1.807) is 0 Å². The van der Waals surface area contributed by atoms with Crippen LogP contribution in [0.25, 0.3) is 11.1 Å². The Kier molecular flexibility index (Phi) is 3.26. The van der Waals surface area contributed by atoms with Crippen LogP contribution >= 0.6 is 0 Å². The first-order chi connectivity index (χ1) is 9.78. The smallest absolute Gasteiger partial charge is 0.399 e. The molecule has 1 aliphatic rings. The number of hydrogen-bond donors (Lipinski definition) is 0. The van der Waals surface area contributed by atoms with E-state index in [0.717, 1.165) is 5.46 Å². The van der Waals surface area contributed by atoms with Crippen molar-refractivity contribution in [2.75, 3.05) is 0 Å². The second kappa shape index (κ2) is 4.75. The van der Waals surface area contributed by atoms with Crippen molar-refractivity contribution in [3.8, 4) is 11.1 Å². The van der Waals surface area contributed by atoms with Crippen LogP contribution in [0.15, 0.2) is 42.7 Å². The molecule has 4 heteroatoms. The predicted molar refractivity (Wildman–Crippen MR) is 86.6 cm³/mol. The Bertz CT molecular complexity index is 627. The quantitative estimate of drug-likeness (QED) is 0.791. The summed E-state index contributed by atoms with van der Waals surface area (Å²) in [5.74, 6) is 0. The third-order valence-corrected chi connectivity index (χ3v) is 4.60. The summed E-state index contributed by atoms with van der Waals surface area (Å²) in [5, 5.41) is 0. The summed E-state index contributed by atoms with van der Waals surface area (Å²) in [7, 11) is 1.74. The Morgan fingerprint density at radius 3 is 1.90 bits per heavy atom. The second-order valence-electron chi connectivity index (χ2n) is 6.78. The molecule has 21 heavy (non-hydrogen) atoms. The minimum atomic E-state index is -0.296. The molecule has 0 bridgehead atoms. The number of rotatable bonds is 2. The Balaban J connectivity index is 1.83. The second-order valence-corrected chi connectivity index (χ2v) is 6.78. The lowest BCUT2D eigenvalue weighted by Crippen LogP contribution is -2.41. The molecule has 0 saturated carbocycles. The first-order valence-corrected chi connectivity index (χ1v) is 7.36. The summed E-state index contributed by atoms with van der Waals surface area (Å²) in [6, 6.07) is 10.5. The van der Waals surface area contributed by atoms with Crippen LogP contribution in [0.3, 0.4) is 0 Å². The van der Waals surface area contributed by atoms with Crippen molar-refractivity contribution in [1.82, 2.24) is 4.57 Å². The van der Waals surface area contributed by atoms with Crippen LogP contribution in [-0.4, -0.2) is 22.9 Å². The van der Waals surface area contributed by atoms with Gasteiger partial charge in [0.1, 0.15) is 0 Å². The van der Waals surface area contributed by atoms with Crippen molar-refractivity contribution in [2.45, 2.75) is 38.9 Å². The van der Waals surface area contributed by atoms with E-state index in [1.165, 1.54) is 11.1 Å². The summed E-state index contributed by atoms with van der Waals surface area (Å²) >= 11 is 0. The monoisotopic (exact) mass is 283 g/mol. The zero-order chi connectivity index (χ0) is 15.3. The van der Waals surface area contributed by atoms with Gasteiger partial charge in [-0.2, -0.15) is 0 Å². The molecule has 0 N–H and O–H groups in total. The third kappa shape index (κ3) is 2.54. The van der Waals surface area contributed by atoms with E-state index in [9.17, 15) is 0 Å². The average molecular weight is 283 g/mol. The highest BCUT2D eigenvalue weighted by atomic mass is 16.7. The number of nitrogens with zero attached hydrogens (tertiary/aromatic N) is 1. The molecule has 1 aliphatic heterocycles. The largest absolute Gasteiger partial charge is 0.494 e. The molecule has 0 atom stereocenters. The minimum absolute atomic E-state index is 0.292. The molecular weight excluding hydrogens is 261 g/mol. The standard InChI is InChI=1S/C17H22BNO2/c1-16(2)17(3,4)21-18(20-16)15-8-6-13(7-9-15)14-10-11-19(5)12-14/h6-12H,1-5H3. The molecule has 0 unspecified atom stereocenters. The van der Waals surface area contributed by atoms with Crippen LogP contribution in [-0.2, 0) is 16.4 Å². The van der Waals surface area contributed by atoms with Gasteiger partial charge in [-0.1, -0.05) is 24.3 Å². The molecule has 110 valence electrons. The molecule has 0 aliphatic carbocycles. The molecular formula is C17H22BNO2. The van der Waals surface area contributed by atoms with Crippen LogP contribution in [0, 0.1) is 0 Å². The maximum Gasteiger partial charge on any atom is 0.494 e. The number of hydrogen-bond acceptors (Lipinski definition) is 2. The molecule has 0 radical (unpaired) electrons. The van der Waals surface area contributed by atoms with Crippen molar-refractivity contribution in [3.05, 3.63) is 42.7 Å². The molecule has 2 heterocycles. The van der Waals surface area contributed by atoms with Gasteiger partial charge in [0.15, 0.2) is 0 Å². The van der Waals surface area contributed by atoms with Gasteiger partial charge in [0.25, 0.3) is 0 Å². The average Bonchev–Trinajstić information content (AvgIpc) is 2.92. The number of aromatic nitrogens is 1. The molecule has 1 aromatic carbocycles. The summed E-state index contributed by atoms with van der Waals surface area (Å²) in [4.78, 5) is 0. The first-order valence-electron chi connectivity index (χ1n) is 7.36. The van der Waals surface area contributed by atoms with Crippen molar-refractivity contribution in [1.29, 1.82) is 0 Å². The molecule has 0 amide bonds. The highest BCUT2D eigenvalue weighted by molar-refractivity contribution is 6.62. The molecule has 2 aromatic rings. The van der Waals surface area contributed by atoms with E-state index in [2.05, 4.69) is 75.0 Å². The zero-order valence-corrected chi connectivity index (χ0v) is 13.4. The van der Waals surface area contributed by atoms with Gasteiger partial charge in [-0.05, 0) is 50.4 Å². The summed E-state index contributed by atoms with van der Waals surface area (Å²) in [6.45, 7) is 8.30. The van der Waals surface area contributed by atoms with Crippen LogP contribution in [0.1, 0.15) is 27.7 Å². The maximum absolute atomic E-state index is 6.07. The molecule has 3 nitrogen and oxygen atoms in total. The highest BCUT2D eigenvalue weighted by Crippen LogP contribution is 2.36. The van der Waals surface area contributed by atoms with Crippen LogP contribution in [0.4, 0.5) is 0 Å². The summed E-state index contributed by atoms with van der Waals surface area (Å²) in [6.07, 6.45) is 4.17. The third-order valence-electron chi connectivity index (χ3n) is 4.60. The normalized spacial score (nSPS) is 20.0. The van der Waals surface area contributed by atoms with Gasteiger partial charge in [0, 0.05) is 19.4 Å². The Morgan fingerprint density at radius 1 is 0.857 bits per heavy atom. The van der Waals surface area contributed by atoms with Crippen LogP contribution < -0.4 is 5.46 Å². The molecule has 1 aromatic heterocycles. The molecule has 1 fully saturated rings. The van der Waals surface area contributed by atoms with E-state index in [1.807, 2.05) is 7.05 Å². The first kappa shape index (κ1) is 14.4. The van der Waals surface area contributed by atoms with Crippen LogP contribution in [0.5, 0.6) is 0 Å². The van der Waals surface area contributed by atoms with Gasteiger partial charge in [0.2, 0.25) is 0 Å². The Hall–Kier alpha value is -1.52. The van der Waals surface area contributed by atoms with Gasteiger partial charge >= 0.3 is 7.12 Å². The maximum atomic E-state index is 6.07. The van der Waals surface area contributed by atoms with E-state index < -0.39 is 0 Å². The minimum Gasteiger partial charge on any atom is -0.399 e. The lowest BCUT2D eigenvalue weighted by Gasteiger charge is -2.32. The Morgan fingerprint density at radius 2 is 1.43 bits per heavy atom. The van der Waals surface area contributed by atoms with Crippen molar-refractivity contribution in [3.63, 3.8) is 0 Å². The fourth-order valence-corrected chi connectivity index (χ4v) is 2.49. The summed E-state index contributed by atoms with van der Waals surface area (Å²) < 4.78 is 14.2. The van der Waals surface area contributed by atoms with E-state index >= 15 is 0 Å². The number of aryl methyl sites for hydroxylation is 1. The highest BCUT2D eigenvalue weighted by Gasteiger charge is 2.51. The van der Waals surface area contributed by atoms with Crippen LogP contribution in [0.2, 0.25) is 0 Å². The van der Waals surface area contributed by atoms with Gasteiger partial charge < -0.3 is 13.9 Å². The van der Waals surface area contributed by atoms with Crippen molar-refractivity contribution >= 4 is 12.6 Å². The van der Waals surface area contributed by atoms with Gasteiger partial charge in [-0.3, -0.25) is 0 Å². The van der Waals surface area contributed by atoms with Crippen molar-refractivity contribution in [2.24, 2.45) is 7.05 Å². The SMILES string of the molecule is Cn1ccc(-c2ccc(B3OC(C)(C)C(C)(C)O3)cc2)c1. The van der Waals surface area contributed by atoms with E-state index in [0.29, 0.717) is 0 Å². The summed E-state index contributed by atoms with van der Waals surface area (Å²) in [5.41, 5.74) is 2.90. The van der Waals surface area contributed by atoms with Gasteiger partial charge in [-0.25, -0.2) is 0 Å².